The number of phenols is 1. The molecule has 0 radical (unpaired) electrons. The second-order valence-electron chi connectivity index (χ2n) is 3.90. The number of hydrogen-bond donors (Lipinski definition) is 1. The normalized spacial score (nSPS) is 10.7. The van der Waals surface area contributed by atoms with Gasteiger partial charge in [0.25, 0.3) is 0 Å². The maximum Gasteiger partial charge on any atom is 0.153 e. The first-order chi connectivity index (χ1) is 8.69. The third kappa shape index (κ3) is 2.79. The van der Waals surface area contributed by atoms with Gasteiger partial charge in [-0.1, -0.05) is 17.7 Å². The van der Waals surface area contributed by atoms with E-state index in [-0.39, 0.29) is 11.3 Å². The van der Waals surface area contributed by atoms with E-state index in [1.807, 2.05) is 31.2 Å². The minimum Gasteiger partial charge on any atom is -0.507 e. The van der Waals surface area contributed by atoms with Crippen LogP contribution in [0, 0.1) is 6.92 Å². The number of carbonyl (C=O) groups is 1. The smallest absolute Gasteiger partial charge is 0.153 e. The molecule has 4 heteroatoms. The van der Waals surface area contributed by atoms with Gasteiger partial charge in [-0.2, -0.15) is 10.2 Å². The van der Waals surface area contributed by atoms with Crippen molar-refractivity contribution in [1.29, 1.82) is 0 Å². The monoisotopic (exact) mass is 240 g/mol. The van der Waals surface area contributed by atoms with Crippen LogP contribution in [0.4, 0.5) is 11.4 Å². The SMILES string of the molecule is Cc1ccc(N=Nc2ccc(O)c(C=O)c2)cc1. The van der Waals surface area contributed by atoms with E-state index >= 15 is 0 Å². The van der Waals surface area contributed by atoms with Crippen molar-refractivity contribution in [2.45, 2.75) is 6.92 Å². The fourth-order valence-electron chi connectivity index (χ4n) is 1.43. The number of aryl methyl sites for hydroxylation is 1. The summed E-state index contributed by atoms with van der Waals surface area (Å²) in [5.41, 5.74) is 2.62. The summed E-state index contributed by atoms with van der Waals surface area (Å²) in [6, 6.07) is 12.1. The molecule has 4 nitrogen and oxygen atoms in total. The molecule has 0 aliphatic carbocycles. The van der Waals surface area contributed by atoms with Crippen molar-refractivity contribution in [3.63, 3.8) is 0 Å². The lowest BCUT2D eigenvalue weighted by Crippen LogP contribution is -1.79. The Morgan fingerprint density at radius 1 is 1.00 bits per heavy atom. The van der Waals surface area contributed by atoms with Crippen molar-refractivity contribution in [2.24, 2.45) is 10.2 Å². The van der Waals surface area contributed by atoms with Crippen LogP contribution in [0.3, 0.4) is 0 Å². The van der Waals surface area contributed by atoms with E-state index in [0.717, 1.165) is 11.3 Å². The van der Waals surface area contributed by atoms with E-state index in [1.54, 1.807) is 6.07 Å². The minimum absolute atomic E-state index is 0.0562. The first kappa shape index (κ1) is 12.0. The zero-order valence-electron chi connectivity index (χ0n) is 9.87. The Morgan fingerprint density at radius 2 is 1.61 bits per heavy atom. The van der Waals surface area contributed by atoms with Crippen LogP contribution in [0.25, 0.3) is 0 Å². The van der Waals surface area contributed by atoms with Gasteiger partial charge in [0.05, 0.1) is 16.9 Å². The van der Waals surface area contributed by atoms with Crippen molar-refractivity contribution in [3.8, 4) is 5.75 Å². The maximum atomic E-state index is 10.7. The third-order valence-electron chi connectivity index (χ3n) is 2.45. The van der Waals surface area contributed by atoms with E-state index in [2.05, 4.69) is 10.2 Å². The van der Waals surface area contributed by atoms with E-state index in [0.29, 0.717) is 12.0 Å². The highest BCUT2D eigenvalue weighted by Gasteiger charge is 2.00. The van der Waals surface area contributed by atoms with E-state index in [1.165, 1.54) is 12.1 Å². The zero-order chi connectivity index (χ0) is 13.0. The van der Waals surface area contributed by atoms with Gasteiger partial charge in [0.15, 0.2) is 6.29 Å². The minimum atomic E-state index is -0.0562. The van der Waals surface area contributed by atoms with Gasteiger partial charge >= 0.3 is 0 Å². The molecule has 0 aliphatic rings. The van der Waals surface area contributed by atoms with Gasteiger partial charge < -0.3 is 5.11 Å². The van der Waals surface area contributed by atoms with Gasteiger partial charge in [0.1, 0.15) is 5.75 Å². The van der Waals surface area contributed by atoms with Gasteiger partial charge in [0, 0.05) is 0 Å². The molecule has 2 rings (SSSR count). The predicted molar refractivity (Wildman–Crippen MR) is 68.8 cm³/mol. The number of azo groups is 1. The van der Waals surface area contributed by atoms with Gasteiger partial charge in [-0.15, -0.1) is 0 Å². The lowest BCUT2D eigenvalue weighted by Gasteiger charge is -1.98. The molecule has 1 N–H and O–H groups in total. The Kier molecular flexibility index (Phi) is 3.48. The molecule has 0 unspecified atom stereocenters. The Labute approximate surface area is 105 Å². The number of aromatic hydroxyl groups is 1. The summed E-state index contributed by atoms with van der Waals surface area (Å²) in [7, 11) is 0. The van der Waals surface area contributed by atoms with Crippen molar-refractivity contribution >= 4 is 17.7 Å². The van der Waals surface area contributed by atoms with E-state index < -0.39 is 0 Å². The second-order valence-corrected chi connectivity index (χ2v) is 3.90. The number of benzene rings is 2. The van der Waals surface area contributed by atoms with Gasteiger partial charge in [0.2, 0.25) is 0 Å². The van der Waals surface area contributed by atoms with Crippen LogP contribution in [0.5, 0.6) is 5.75 Å². The number of rotatable bonds is 3. The Balaban J connectivity index is 2.23. The highest BCUT2D eigenvalue weighted by molar-refractivity contribution is 5.80. The van der Waals surface area contributed by atoms with Crippen LogP contribution in [-0.2, 0) is 0 Å². The molecule has 0 atom stereocenters. The molecule has 18 heavy (non-hydrogen) atoms. The number of hydrogen-bond acceptors (Lipinski definition) is 4. The van der Waals surface area contributed by atoms with Crippen molar-refractivity contribution in [3.05, 3.63) is 53.6 Å². The predicted octanol–water partition coefficient (Wildman–Crippen LogP) is 3.93. The summed E-state index contributed by atoms with van der Waals surface area (Å²) >= 11 is 0. The fraction of sp³-hybridized carbons (Fsp3) is 0.0714. The average Bonchev–Trinajstić information content (AvgIpc) is 2.39. The molecule has 90 valence electrons. The summed E-state index contributed by atoms with van der Waals surface area (Å²) in [6.07, 6.45) is 0.584. The molecular formula is C14H12N2O2. The summed E-state index contributed by atoms with van der Waals surface area (Å²) < 4.78 is 0. The average molecular weight is 240 g/mol. The standard InChI is InChI=1S/C14H12N2O2/c1-10-2-4-12(5-3-10)15-16-13-6-7-14(18)11(8-13)9-17/h2-9,18H,1H3. The lowest BCUT2D eigenvalue weighted by molar-refractivity contribution is 0.112. The quantitative estimate of drug-likeness (QED) is 0.652. The van der Waals surface area contributed by atoms with Gasteiger partial charge in [-0.3, -0.25) is 4.79 Å². The van der Waals surface area contributed by atoms with Crippen molar-refractivity contribution in [2.75, 3.05) is 0 Å². The molecule has 0 spiro atoms. The first-order valence-electron chi connectivity index (χ1n) is 5.45. The van der Waals surface area contributed by atoms with Crippen LogP contribution in [0.1, 0.15) is 15.9 Å². The Morgan fingerprint density at radius 3 is 2.28 bits per heavy atom. The molecule has 0 saturated heterocycles. The topological polar surface area (TPSA) is 62.0 Å². The summed E-state index contributed by atoms with van der Waals surface area (Å²) in [6.45, 7) is 2.00. The van der Waals surface area contributed by atoms with Crippen LogP contribution in [-0.4, -0.2) is 11.4 Å². The number of aldehydes is 1. The van der Waals surface area contributed by atoms with Crippen LogP contribution in [0.15, 0.2) is 52.7 Å². The van der Waals surface area contributed by atoms with E-state index in [4.69, 9.17) is 0 Å². The molecule has 0 amide bonds. The van der Waals surface area contributed by atoms with Gasteiger partial charge in [-0.05, 0) is 37.3 Å². The van der Waals surface area contributed by atoms with E-state index in [9.17, 15) is 9.90 Å². The Hall–Kier alpha value is -2.49. The van der Waals surface area contributed by atoms with Crippen LogP contribution < -0.4 is 0 Å². The Bertz CT molecular complexity index is 589. The summed E-state index contributed by atoms with van der Waals surface area (Å²) in [5.74, 6) is -0.0562. The zero-order valence-corrected chi connectivity index (χ0v) is 9.87. The van der Waals surface area contributed by atoms with Crippen molar-refractivity contribution in [1.82, 2.24) is 0 Å². The van der Waals surface area contributed by atoms with Gasteiger partial charge in [-0.25, -0.2) is 0 Å². The molecule has 0 aliphatic heterocycles. The first-order valence-corrected chi connectivity index (χ1v) is 5.45. The van der Waals surface area contributed by atoms with Crippen molar-refractivity contribution < 1.29 is 9.90 Å². The number of nitrogens with zero attached hydrogens (tertiary/aromatic N) is 2. The molecule has 0 saturated carbocycles. The molecule has 2 aromatic carbocycles. The second kappa shape index (κ2) is 5.23. The fourth-order valence-corrected chi connectivity index (χ4v) is 1.43. The third-order valence-corrected chi connectivity index (χ3v) is 2.45. The molecule has 0 heterocycles. The van der Waals surface area contributed by atoms with Crippen LogP contribution >= 0.6 is 0 Å². The number of carbonyl (C=O) groups excluding carboxylic acids is 1. The highest BCUT2D eigenvalue weighted by atomic mass is 16.3. The molecule has 0 fully saturated rings. The summed E-state index contributed by atoms with van der Waals surface area (Å²) in [5, 5.41) is 17.4. The lowest BCUT2D eigenvalue weighted by atomic mass is 10.2. The molecule has 0 aromatic heterocycles. The van der Waals surface area contributed by atoms with Crippen LogP contribution in [0.2, 0.25) is 0 Å². The largest absolute Gasteiger partial charge is 0.507 e. The number of phenolic OH excluding ortho intramolecular Hbond substituents is 1. The highest BCUT2D eigenvalue weighted by Crippen LogP contribution is 2.23. The molecule has 0 bridgehead atoms. The maximum absolute atomic E-state index is 10.7. The molecule has 2 aromatic rings. The summed E-state index contributed by atoms with van der Waals surface area (Å²) in [4.78, 5) is 10.7. The molecular weight excluding hydrogens is 228 g/mol.